The second-order valence-electron chi connectivity index (χ2n) is 4.57. The lowest BCUT2D eigenvalue weighted by Crippen LogP contribution is -2.43. The summed E-state index contributed by atoms with van der Waals surface area (Å²) < 4.78 is 0. The van der Waals surface area contributed by atoms with E-state index in [1.807, 2.05) is 0 Å². The summed E-state index contributed by atoms with van der Waals surface area (Å²) in [5.74, 6) is 0. The van der Waals surface area contributed by atoms with Gasteiger partial charge < -0.3 is 9.80 Å². The average molecular weight is 212 g/mol. The SMILES string of the molecule is CC(C)NC(C#N)CN(C)CCN(C)C. The molecule has 4 heteroatoms. The Balaban J connectivity index is 3.81. The molecule has 0 heterocycles. The van der Waals surface area contributed by atoms with E-state index in [2.05, 4.69) is 56.2 Å². The predicted octanol–water partition coefficient (Wildman–Crippen LogP) is 0.370. The van der Waals surface area contributed by atoms with Crippen molar-refractivity contribution in [3.05, 3.63) is 0 Å². The van der Waals surface area contributed by atoms with Gasteiger partial charge in [0.25, 0.3) is 0 Å². The minimum atomic E-state index is -0.0721. The molecule has 0 aliphatic carbocycles. The Hall–Kier alpha value is -0.630. The number of nitrogens with zero attached hydrogens (tertiary/aromatic N) is 3. The van der Waals surface area contributed by atoms with Crippen LogP contribution in [0.1, 0.15) is 13.8 Å². The Bertz CT molecular complexity index is 195. The molecule has 0 aromatic heterocycles. The van der Waals surface area contributed by atoms with E-state index in [0.29, 0.717) is 6.04 Å². The van der Waals surface area contributed by atoms with Gasteiger partial charge in [0.05, 0.1) is 6.07 Å². The molecule has 0 amide bonds. The van der Waals surface area contributed by atoms with E-state index in [9.17, 15) is 0 Å². The smallest absolute Gasteiger partial charge is 0.108 e. The van der Waals surface area contributed by atoms with Crippen LogP contribution >= 0.6 is 0 Å². The summed E-state index contributed by atoms with van der Waals surface area (Å²) in [6.07, 6.45) is 0. The Morgan fingerprint density at radius 2 is 1.80 bits per heavy atom. The van der Waals surface area contributed by atoms with Gasteiger partial charge in [0.15, 0.2) is 0 Å². The van der Waals surface area contributed by atoms with Gasteiger partial charge in [-0.2, -0.15) is 5.26 Å². The topological polar surface area (TPSA) is 42.3 Å². The summed E-state index contributed by atoms with van der Waals surface area (Å²) in [6.45, 7) is 6.91. The molecule has 88 valence electrons. The lowest BCUT2D eigenvalue weighted by atomic mass is 10.2. The molecule has 0 spiro atoms. The molecule has 0 aliphatic rings. The molecule has 0 aliphatic heterocycles. The number of hydrogen-bond acceptors (Lipinski definition) is 4. The van der Waals surface area contributed by atoms with Crippen LogP contribution in [0.3, 0.4) is 0 Å². The third-order valence-electron chi connectivity index (χ3n) is 2.11. The van der Waals surface area contributed by atoms with Gasteiger partial charge in [0, 0.05) is 25.7 Å². The van der Waals surface area contributed by atoms with E-state index in [1.54, 1.807) is 0 Å². The summed E-state index contributed by atoms with van der Waals surface area (Å²) in [6, 6.07) is 2.57. The molecule has 1 N–H and O–H groups in total. The first-order valence-corrected chi connectivity index (χ1v) is 5.44. The van der Waals surface area contributed by atoms with Crippen LogP contribution in [0.25, 0.3) is 0 Å². The highest BCUT2D eigenvalue weighted by molar-refractivity contribution is 4.92. The number of nitriles is 1. The predicted molar refractivity (Wildman–Crippen MR) is 63.7 cm³/mol. The summed E-state index contributed by atoms with van der Waals surface area (Å²) in [5, 5.41) is 12.2. The van der Waals surface area contributed by atoms with E-state index in [4.69, 9.17) is 5.26 Å². The third kappa shape index (κ3) is 8.37. The van der Waals surface area contributed by atoms with Crippen molar-refractivity contribution in [1.82, 2.24) is 15.1 Å². The zero-order valence-corrected chi connectivity index (χ0v) is 10.6. The largest absolute Gasteiger partial charge is 0.308 e. The molecule has 0 bridgehead atoms. The molecule has 0 saturated carbocycles. The fourth-order valence-electron chi connectivity index (χ4n) is 1.31. The minimum Gasteiger partial charge on any atom is -0.308 e. The van der Waals surface area contributed by atoms with Gasteiger partial charge in [-0.05, 0) is 35.0 Å². The summed E-state index contributed by atoms with van der Waals surface area (Å²) >= 11 is 0. The van der Waals surface area contributed by atoms with Gasteiger partial charge in [-0.1, -0.05) is 0 Å². The van der Waals surface area contributed by atoms with Crippen molar-refractivity contribution in [3.8, 4) is 6.07 Å². The monoisotopic (exact) mass is 212 g/mol. The molecule has 0 rings (SSSR count). The molecule has 0 saturated heterocycles. The lowest BCUT2D eigenvalue weighted by molar-refractivity contribution is 0.266. The van der Waals surface area contributed by atoms with E-state index in [-0.39, 0.29) is 6.04 Å². The molecule has 1 atom stereocenters. The summed E-state index contributed by atoms with van der Waals surface area (Å²) in [5.41, 5.74) is 0. The Kier molecular flexibility index (Phi) is 7.31. The fourth-order valence-corrected chi connectivity index (χ4v) is 1.31. The maximum absolute atomic E-state index is 8.95. The number of rotatable bonds is 7. The second-order valence-corrected chi connectivity index (χ2v) is 4.57. The normalized spacial score (nSPS) is 13.5. The van der Waals surface area contributed by atoms with Gasteiger partial charge in [0.2, 0.25) is 0 Å². The molecular weight excluding hydrogens is 188 g/mol. The lowest BCUT2D eigenvalue weighted by Gasteiger charge is -2.23. The first kappa shape index (κ1) is 14.4. The molecule has 15 heavy (non-hydrogen) atoms. The van der Waals surface area contributed by atoms with Crippen molar-refractivity contribution in [2.24, 2.45) is 0 Å². The maximum Gasteiger partial charge on any atom is 0.108 e. The fraction of sp³-hybridized carbons (Fsp3) is 0.909. The molecule has 0 aromatic rings. The maximum atomic E-state index is 8.95. The highest BCUT2D eigenvalue weighted by atomic mass is 15.2. The van der Waals surface area contributed by atoms with Crippen LogP contribution in [0, 0.1) is 11.3 Å². The molecule has 0 aromatic carbocycles. The van der Waals surface area contributed by atoms with Gasteiger partial charge in [-0.25, -0.2) is 0 Å². The van der Waals surface area contributed by atoms with Crippen LogP contribution in [-0.2, 0) is 0 Å². The zero-order chi connectivity index (χ0) is 11.8. The van der Waals surface area contributed by atoms with E-state index < -0.39 is 0 Å². The highest BCUT2D eigenvalue weighted by Gasteiger charge is 2.11. The number of nitrogens with one attached hydrogen (secondary N) is 1. The van der Waals surface area contributed by atoms with Gasteiger partial charge in [-0.3, -0.25) is 5.32 Å². The second kappa shape index (κ2) is 7.63. The third-order valence-corrected chi connectivity index (χ3v) is 2.11. The van der Waals surface area contributed by atoms with Crippen LogP contribution in [0.4, 0.5) is 0 Å². The van der Waals surface area contributed by atoms with E-state index in [0.717, 1.165) is 19.6 Å². The van der Waals surface area contributed by atoms with Gasteiger partial charge in [0.1, 0.15) is 6.04 Å². The number of likely N-dealkylation sites (N-methyl/N-ethyl adjacent to an activating group) is 2. The standard InChI is InChI=1S/C11H24N4/c1-10(2)13-11(8-12)9-15(5)7-6-14(3)4/h10-11,13H,6-7,9H2,1-5H3. The van der Waals surface area contributed by atoms with Crippen LogP contribution < -0.4 is 5.32 Å². The quantitative estimate of drug-likeness (QED) is 0.662. The Morgan fingerprint density at radius 3 is 2.20 bits per heavy atom. The van der Waals surface area contributed by atoms with Crippen LogP contribution in [0.15, 0.2) is 0 Å². The summed E-state index contributed by atoms with van der Waals surface area (Å²) in [7, 11) is 6.17. The zero-order valence-electron chi connectivity index (χ0n) is 10.6. The number of hydrogen-bond donors (Lipinski definition) is 1. The average Bonchev–Trinajstić information content (AvgIpc) is 2.13. The van der Waals surface area contributed by atoms with Crippen molar-refractivity contribution < 1.29 is 0 Å². The molecule has 1 unspecified atom stereocenters. The van der Waals surface area contributed by atoms with Crippen LogP contribution in [0.5, 0.6) is 0 Å². The van der Waals surface area contributed by atoms with Crippen molar-refractivity contribution in [2.45, 2.75) is 25.9 Å². The molecule has 0 radical (unpaired) electrons. The van der Waals surface area contributed by atoms with Gasteiger partial charge >= 0.3 is 0 Å². The molecular formula is C11H24N4. The first-order valence-electron chi connectivity index (χ1n) is 5.44. The highest BCUT2D eigenvalue weighted by Crippen LogP contribution is 1.91. The Morgan fingerprint density at radius 1 is 1.20 bits per heavy atom. The van der Waals surface area contributed by atoms with Crippen molar-refractivity contribution >= 4 is 0 Å². The minimum absolute atomic E-state index is 0.0721. The Labute approximate surface area is 93.9 Å². The van der Waals surface area contributed by atoms with Crippen LogP contribution in [0.2, 0.25) is 0 Å². The van der Waals surface area contributed by atoms with E-state index >= 15 is 0 Å². The summed E-state index contributed by atoms with van der Waals surface area (Å²) in [4.78, 5) is 4.33. The molecule has 4 nitrogen and oxygen atoms in total. The van der Waals surface area contributed by atoms with Crippen LogP contribution in [-0.4, -0.2) is 62.7 Å². The van der Waals surface area contributed by atoms with Crippen molar-refractivity contribution in [1.29, 1.82) is 5.26 Å². The van der Waals surface area contributed by atoms with E-state index in [1.165, 1.54) is 0 Å². The van der Waals surface area contributed by atoms with Crippen molar-refractivity contribution in [3.63, 3.8) is 0 Å². The van der Waals surface area contributed by atoms with Gasteiger partial charge in [-0.15, -0.1) is 0 Å². The molecule has 0 fully saturated rings. The first-order chi connectivity index (χ1) is 6.95. The van der Waals surface area contributed by atoms with Crippen molar-refractivity contribution in [2.75, 3.05) is 40.8 Å².